The van der Waals surface area contributed by atoms with Crippen molar-refractivity contribution in [3.63, 3.8) is 0 Å². The van der Waals surface area contributed by atoms with Gasteiger partial charge in [-0.3, -0.25) is 4.99 Å². The summed E-state index contributed by atoms with van der Waals surface area (Å²) in [5, 5.41) is 6.60. The van der Waals surface area contributed by atoms with Gasteiger partial charge in [-0.1, -0.05) is 0 Å². The van der Waals surface area contributed by atoms with Gasteiger partial charge in [0.15, 0.2) is 5.96 Å². The van der Waals surface area contributed by atoms with Gasteiger partial charge >= 0.3 is 0 Å². The predicted molar refractivity (Wildman–Crippen MR) is 67.2 cm³/mol. The number of nitrogens with zero attached hydrogens (tertiary/aromatic N) is 1. The molecular weight excluding hydrogens is 194 g/mol. The molecule has 0 bridgehead atoms. The van der Waals surface area contributed by atoms with Gasteiger partial charge in [0.1, 0.15) is 0 Å². The molecule has 2 N–H and O–H groups in total. The fourth-order valence-corrected chi connectivity index (χ4v) is 1.39. The molecule has 4 heteroatoms. The molecule has 0 unspecified atom stereocenters. The molecule has 3 nitrogen and oxygen atoms in total. The van der Waals surface area contributed by atoms with E-state index in [1.165, 1.54) is 12.2 Å². The summed E-state index contributed by atoms with van der Waals surface area (Å²) in [6.07, 6.45) is 3.30. The summed E-state index contributed by atoms with van der Waals surface area (Å²) in [6.45, 7) is 7.36. The van der Waals surface area contributed by atoms with E-state index in [1.807, 2.05) is 11.8 Å². The second-order valence-electron chi connectivity index (χ2n) is 4.22. The zero-order valence-corrected chi connectivity index (χ0v) is 10.8. The highest BCUT2D eigenvalue weighted by Gasteiger charge is 2.10. The minimum Gasteiger partial charge on any atom is -0.356 e. The van der Waals surface area contributed by atoms with Crippen LogP contribution in [0, 0.1) is 0 Å². The Bertz CT molecular complexity index is 173. The lowest BCUT2D eigenvalue weighted by Gasteiger charge is -2.23. The molecule has 0 aromatic rings. The van der Waals surface area contributed by atoms with E-state index in [0.717, 1.165) is 12.5 Å². The SMILES string of the molecule is CN=C(NCCCSC)NC(C)(C)C. The Morgan fingerprint density at radius 2 is 2.00 bits per heavy atom. The van der Waals surface area contributed by atoms with Crippen molar-refractivity contribution in [2.24, 2.45) is 4.99 Å². The van der Waals surface area contributed by atoms with Gasteiger partial charge in [-0.15, -0.1) is 0 Å². The van der Waals surface area contributed by atoms with Crippen LogP contribution in [0.4, 0.5) is 0 Å². The van der Waals surface area contributed by atoms with Gasteiger partial charge in [0.25, 0.3) is 0 Å². The topological polar surface area (TPSA) is 36.4 Å². The van der Waals surface area contributed by atoms with E-state index >= 15 is 0 Å². The molecule has 14 heavy (non-hydrogen) atoms. The quantitative estimate of drug-likeness (QED) is 0.427. The van der Waals surface area contributed by atoms with E-state index in [2.05, 4.69) is 42.7 Å². The number of hydrogen-bond acceptors (Lipinski definition) is 2. The van der Waals surface area contributed by atoms with Gasteiger partial charge in [-0.25, -0.2) is 0 Å². The van der Waals surface area contributed by atoms with E-state index in [9.17, 15) is 0 Å². The highest BCUT2D eigenvalue weighted by Crippen LogP contribution is 1.98. The van der Waals surface area contributed by atoms with Crippen LogP contribution in [-0.4, -0.2) is 37.1 Å². The molecule has 0 atom stereocenters. The van der Waals surface area contributed by atoms with Crippen molar-refractivity contribution in [1.29, 1.82) is 0 Å². The van der Waals surface area contributed by atoms with Crippen LogP contribution in [-0.2, 0) is 0 Å². The van der Waals surface area contributed by atoms with Crippen LogP contribution in [0.25, 0.3) is 0 Å². The lowest BCUT2D eigenvalue weighted by atomic mass is 10.1. The van der Waals surface area contributed by atoms with Gasteiger partial charge in [-0.2, -0.15) is 11.8 Å². The summed E-state index contributed by atoms with van der Waals surface area (Å²) >= 11 is 1.87. The van der Waals surface area contributed by atoms with Crippen molar-refractivity contribution >= 4 is 17.7 Å². The minimum absolute atomic E-state index is 0.0708. The molecule has 0 saturated heterocycles. The molecule has 0 fully saturated rings. The average molecular weight is 217 g/mol. The number of aliphatic imine (C=N–C) groups is 1. The van der Waals surface area contributed by atoms with Gasteiger partial charge in [-0.05, 0) is 39.2 Å². The lowest BCUT2D eigenvalue weighted by molar-refractivity contribution is 0.501. The number of thioether (sulfide) groups is 1. The average Bonchev–Trinajstić information content (AvgIpc) is 2.08. The number of hydrogen-bond donors (Lipinski definition) is 2. The first-order chi connectivity index (χ1) is 6.49. The first kappa shape index (κ1) is 13.6. The Hall–Kier alpha value is -0.380. The fourth-order valence-electron chi connectivity index (χ4n) is 0.958. The Labute approximate surface area is 92.1 Å². The summed E-state index contributed by atoms with van der Waals surface area (Å²) < 4.78 is 0. The van der Waals surface area contributed by atoms with E-state index in [4.69, 9.17) is 0 Å². The standard InChI is InChI=1S/C10H23N3S/c1-10(2,3)13-9(11-4)12-7-6-8-14-5/h6-8H2,1-5H3,(H2,11,12,13). The molecule has 0 amide bonds. The molecular formula is C10H23N3S. The monoisotopic (exact) mass is 217 g/mol. The van der Waals surface area contributed by atoms with Crippen LogP contribution in [0.15, 0.2) is 4.99 Å². The molecule has 0 saturated carbocycles. The highest BCUT2D eigenvalue weighted by atomic mass is 32.2. The van der Waals surface area contributed by atoms with Crippen LogP contribution in [0.5, 0.6) is 0 Å². The number of nitrogens with one attached hydrogen (secondary N) is 2. The maximum Gasteiger partial charge on any atom is 0.191 e. The van der Waals surface area contributed by atoms with Crippen molar-refractivity contribution < 1.29 is 0 Å². The molecule has 84 valence electrons. The third-order valence-corrected chi connectivity index (χ3v) is 2.23. The molecule has 0 heterocycles. The highest BCUT2D eigenvalue weighted by molar-refractivity contribution is 7.98. The minimum atomic E-state index is 0.0708. The van der Waals surface area contributed by atoms with Crippen molar-refractivity contribution in [3.05, 3.63) is 0 Å². The summed E-state index contributed by atoms with van der Waals surface area (Å²) in [5.41, 5.74) is 0.0708. The molecule has 0 aliphatic rings. The second-order valence-corrected chi connectivity index (χ2v) is 5.21. The van der Waals surface area contributed by atoms with Gasteiger partial charge in [0.05, 0.1) is 0 Å². The molecule has 0 spiro atoms. The molecule has 0 radical (unpaired) electrons. The molecule has 0 aromatic heterocycles. The predicted octanol–water partition coefficient (Wildman–Crippen LogP) is 1.70. The summed E-state index contributed by atoms with van der Waals surface area (Å²) in [4.78, 5) is 4.16. The maximum absolute atomic E-state index is 4.16. The van der Waals surface area contributed by atoms with Crippen LogP contribution < -0.4 is 10.6 Å². The summed E-state index contributed by atoms with van der Waals surface area (Å²) in [5.74, 6) is 2.08. The Morgan fingerprint density at radius 3 is 2.43 bits per heavy atom. The Kier molecular flexibility index (Phi) is 6.79. The van der Waals surface area contributed by atoms with E-state index in [0.29, 0.717) is 0 Å². The smallest absolute Gasteiger partial charge is 0.191 e. The van der Waals surface area contributed by atoms with Crippen molar-refractivity contribution in [2.45, 2.75) is 32.7 Å². The van der Waals surface area contributed by atoms with Crippen LogP contribution >= 0.6 is 11.8 Å². The van der Waals surface area contributed by atoms with E-state index < -0.39 is 0 Å². The van der Waals surface area contributed by atoms with Gasteiger partial charge < -0.3 is 10.6 Å². The molecule has 0 rings (SSSR count). The van der Waals surface area contributed by atoms with E-state index in [-0.39, 0.29) is 5.54 Å². The first-order valence-corrected chi connectivity index (χ1v) is 6.37. The van der Waals surface area contributed by atoms with Crippen LogP contribution in [0.2, 0.25) is 0 Å². The largest absolute Gasteiger partial charge is 0.356 e. The van der Waals surface area contributed by atoms with Gasteiger partial charge in [0, 0.05) is 19.1 Å². The first-order valence-electron chi connectivity index (χ1n) is 4.97. The number of guanidine groups is 1. The summed E-state index contributed by atoms with van der Waals surface area (Å²) in [7, 11) is 1.80. The normalized spacial score (nSPS) is 12.8. The fraction of sp³-hybridized carbons (Fsp3) is 0.900. The lowest BCUT2D eigenvalue weighted by Crippen LogP contribution is -2.47. The van der Waals surface area contributed by atoms with Crippen molar-refractivity contribution in [1.82, 2.24) is 10.6 Å². The molecule has 0 aliphatic carbocycles. The third-order valence-electron chi connectivity index (χ3n) is 1.53. The Balaban J connectivity index is 3.71. The zero-order chi connectivity index (χ0) is 11.0. The molecule has 0 aromatic carbocycles. The van der Waals surface area contributed by atoms with Crippen LogP contribution in [0.3, 0.4) is 0 Å². The zero-order valence-electron chi connectivity index (χ0n) is 9.98. The summed E-state index contributed by atoms with van der Waals surface area (Å²) in [6, 6.07) is 0. The molecule has 0 aliphatic heterocycles. The number of rotatable bonds is 4. The van der Waals surface area contributed by atoms with Gasteiger partial charge in [0.2, 0.25) is 0 Å². The Morgan fingerprint density at radius 1 is 1.36 bits per heavy atom. The maximum atomic E-state index is 4.16. The second kappa shape index (κ2) is 6.98. The van der Waals surface area contributed by atoms with Crippen molar-refractivity contribution in [3.8, 4) is 0 Å². The van der Waals surface area contributed by atoms with Crippen LogP contribution in [0.1, 0.15) is 27.2 Å². The van der Waals surface area contributed by atoms with E-state index in [1.54, 1.807) is 7.05 Å². The van der Waals surface area contributed by atoms with Crippen molar-refractivity contribution in [2.75, 3.05) is 25.6 Å². The third kappa shape index (κ3) is 8.23.